The van der Waals surface area contributed by atoms with Crippen LogP contribution in [0.4, 0.5) is 0 Å². The summed E-state index contributed by atoms with van der Waals surface area (Å²) in [7, 11) is 5.47. The van der Waals surface area contributed by atoms with Crippen molar-refractivity contribution in [1.82, 2.24) is 34.1 Å². The molecule has 7 rings (SSSR count). The number of imidazole rings is 1. The monoisotopic (exact) mass is 559 g/mol. The van der Waals surface area contributed by atoms with Gasteiger partial charge in [-0.2, -0.15) is 10.2 Å². The van der Waals surface area contributed by atoms with E-state index >= 15 is 0 Å². The zero-order chi connectivity index (χ0) is 29.0. The highest BCUT2D eigenvalue weighted by Gasteiger charge is 2.33. The molecule has 42 heavy (non-hydrogen) atoms. The van der Waals surface area contributed by atoms with Gasteiger partial charge in [-0.15, -0.1) is 0 Å². The number of carbonyl (C=O) groups is 1. The van der Waals surface area contributed by atoms with Crippen LogP contribution in [-0.4, -0.2) is 47.2 Å². The summed E-state index contributed by atoms with van der Waals surface area (Å²) in [6.07, 6.45) is 8.11. The van der Waals surface area contributed by atoms with Crippen molar-refractivity contribution in [2.45, 2.75) is 45.1 Å². The van der Waals surface area contributed by atoms with Crippen molar-refractivity contribution in [2.24, 2.45) is 14.1 Å². The summed E-state index contributed by atoms with van der Waals surface area (Å²) in [6, 6.07) is 16.1. The standard InChI is InChI=1S/C33H33N7O2/c1-5-27-25(17-23-18-38(2)37-31(23)34-27)32-35-29(30(39(32)3)21-13-14-21)24-7-6-8-28-26(24)19-40(36-28)16-15-20-9-11-22(12-10-20)33(41)42-4/h6-12,17-19,21H,5,13-16H2,1-4H3. The maximum absolute atomic E-state index is 11.8. The van der Waals surface area contributed by atoms with Crippen molar-refractivity contribution >= 4 is 27.9 Å². The number of carbonyl (C=O) groups excluding carboxylic acids is 1. The van der Waals surface area contributed by atoms with E-state index in [4.69, 9.17) is 19.8 Å². The molecule has 0 bridgehead atoms. The topological polar surface area (TPSA) is 92.7 Å². The van der Waals surface area contributed by atoms with E-state index in [0.717, 1.165) is 75.2 Å². The molecule has 1 fully saturated rings. The molecule has 212 valence electrons. The number of aryl methyl sites for hydroxylation is 4. The first-order chi connectivity index (χ1) is 20.4. The van der Waals surface area contributed by atoms with Gasteiger partial charge in [-0.25, -0.2) is 14.8 Å². The lowest BCUT2D eigenvalue weighted by Gasteiger charge is -2.09. The van der Waals surface area contributed by atoms with Crippen molar-refractivity contribution < 1.29 is 9.53 Å². The Morgan fingerprint density at radius 2 is 1.81 bits per heavy atom. The molecule has 0 N–H and O–H groups in total. The van der Waals surface area contributed by atoms with Gasteiger partial charge in [-0.3, -0.25) is 9.36 Å². The highest BCUT2D eigenvalue weighted by molar-refractivity contribution is 5.95. The van der Waals surface area contributed by atoms with Gasteiger partial charge < -0.3 is 9.30 Å². The summed E-state index contributed by atoms with van der Waals surface area (Å²) < 4.78 is 10.9. The number of methoxy groups -OCH3 is 1. The van der Waals surface area contributed by atoms with Gasteiger partial charge in [0.25, 0.3) is 0 Å². The SMILES string of the molecule is CCc1nc2nn(C)cc2cc1-c1nc(-c2cccc3nn(CCc4ccc(C(=O)OC)cc4)cc23)c(C2CC2)n1C. The molecule has 0 spiro atoms. The minimum Gasteiger partial charge on any atom is -0.465 e. The van der Waals surface area contributed by atoms with E-state index in [-0.39, 0.29) is 5.97 Å². The third-order valence-electron chi connectivity index (χ3n) is 8.22. The molecule has 0 radical (unpaired) electrons. The van der Waals surface area contributed by atoms with Crippen molar-refractivity contribution in [3.05, 3.63) is 83.4 Å². The molecule has 9 heteroatoms. The van der Waals surface area contributed by atoms with Gasteiger partial charge in [-0.1, -0.05) is 31.2 Å². The summed E-state index contributed by atoms with van der Waals surface area (Å²) >= 11 is 0. The van der Waals surface area contributed by atoms with Crippen LogP contribution in [0, 0.1) is 0 Å². The van der Waals surface area contributed by atoms with Crippen LogP contribution in [0.15, 0.2) is 60.9 Å². The third-order valence-corrected chi connectivity index (χ3v) is 8.22. The minimum absolute atomic E-state index is 0.324. The molecule has 0 unspecified atom stereocenters. The summed E-state index contributed by atoms with van der Waals surface area (Å²) in [5.74, 6) is 1.13. The lowest BCUT2D eigenvalue weighted by Crippen LogP contribution is -2.03. The second kappa shape index (κ2) is 10.2. The Balaban J connectivity index is 1.26. The van der Waals surface area contributed by atoms with Crippen LogP contribution >= 0.6 is 0 Å². The van der Waals surface area contributed by atoms with E-state index in [2.05, 4.69) is 54.1 Å². The van der Waals surface area contributed by atoms with Crippen molar-refractivity contribution in [1.29, 1.82) is 0 Å². The van der Waals surface area contributed by atoms with Gasteiger partial charge >= 0.3 is 5.97 Å². The van der Waals surface area contributed by atoms with E-state index in [1.807, 2.05) is 46.9 Å². The van der Waals surface area contributed by atoms with E-state index in [1.165, 1.54) is 25.6 Å². The molecule has 1 aliphatic carbocycles. The Hall–Kier alpha value is -4.79. The molecule has 0 saturated heterocycles. The Kier molecular flexibility index (Phi) is 6.37. The number of hydrogen-bond donors (Lipinski definition) is 0. The Morgan fingerprint density at radius 3 is 2.55 bits per heavy atom. The second-order valence-electron chi connectivity index (χ2n) is 11.1. The molecule has 2 aromatic carbocycles. The number of nitrogens with zero attached hydrogens (tertiary/aromatic N) is 7. The van der Waals surface area contributed by atoms with Crippen LogP contribution in [0.3, 0.4) is 0 Å². The van der Waals surface area contributed by atoms with Gasteiger partial charge in [0.2, 0.25) is 0 Å². The number of rotatable bonds is 8. The fourth-order valence-electron chi connectivity index (χ4n) is 5.93. The van der Waals surface area contributed by atoms with Gasteiger partial charge in [0, 0.05) is 66.5 Å². The summed E-state index contributed by atoms with van der Waals surface area (Å²) in [4.78, 5) is 22.0. The number of ether oxygens (including phenoxy) is 1. The summed E-state index contributed by atoms with van der Waals surface area (Å²) in [5, 5.41) is 11.5. The van der Waals surface area contributed by atoms with Gasteiger partial charge in [-0.05, 0) is 55.5 Å². The quantitative estimate of drug-likeness (QED) is 0.217. The average molecular weight is 560 g/mol. The van der Waals surface area contributed by atoms with E-state index in [9.17, 15) is 4.79 Å². The largest absolute Gasteiger partial charge is 0.465 e. The first-order valence-corrected chi connectivity index (χ1v) is 14.5. The highest BCUT2D eigenvalue weighted by Crippen LogP contribution is 2.47. The number of hydrogen-bond acceptors (Lipinski definition) is 6. The molecular weight excluding hydrogens is 526 g/mol. The average Bonchev–Trinajstić information content (AvgIpc) is 3.49. The zero-order valence-corrected chi connectivity index (χ0v) is 24.3. The Bertz CT molecular complexity index is 1960. The molecule has 9 nitrogen and oxygen atoms in total. The summed E-state index contributed by atoms with van der Waals surface area (Å²) in [5.41, 5.74) is 8.91. The zero-order valence-electron chi connectivity index (χ0n) is 24.3. The van der Waals surface area contributed by atoms with Crippen molar-refractivity contribution in [3.8, 4) is 22.6 Å². The molecule has 0 amide bonds. The van der Waals surface area contributed by atoms with Crippen LogP contribution in [-0.2, 0) is 38.2 Å². The molecular formula is C33H33N7O2. The first kappa shape index (κ1) is 26.1. The van der Waals surface area contributed by atoms with Crippen LogP contribution in [0.1, 0.15) is 53.0 Å². The normalized spacial score (nSPS) is 13.3. The number of pyridine rings is 1. The van der Waals surface area contributed by atoms with Crippen LogP contribution in [0.2, 0.25) is 0 Å². The maximum atomic E-state index is 11.8. The lowest BCUT2D eigenvalue weighted by atomic mass is 10.0. The smallest absolute Gasteiger partial charge is 0.337 e. The third kappa shape index (κ3) is 4.55. The van der Waals surface area contributed by atoms with Gasteiger partial charge in [0.15, 0.2) is 5.65 Å². The Labute approximate surface area is 243 Å². The van der Waals surface area contributed by atoms with Gasteiger partial charge in [0.1, 0.15) is 5.82 Å². The van der Waals surface area contributed by atoms with Crippen molar-refractivity contribution in [3.63, 3.8) is 0 Å². The first-order valence-electron chi connectivity index (χ1n) is 14.5. The van der Waals surface area contributed by atoms with E-state index in [0.29, 0.717) is 11.5 Å². The highest BCUT2D eigenvalue weighted by atomic mass is 16.5. The Morgan fingerprint density at radius 1 is 1.00 bits per heavy atom. The molecule has 6 aromatic rings. The van der Waals surface area contributed by atoms with Crippen LogP contribution in [0.25, 0.3) is 44.6 Å². The number of esters is 1. The molecule has 4 heterocycles. The fourth-order valence-corrected chi connectivity index (χ4v) is 5.93. The van der Waals surface area contributed by atoms with Crippen molar-refractivity contribution in [2.75, 3.05) is 7.11 Å². The van der Waals surface area contributed by atoms with Crippen LogP contribution in [0.5, 0.6) is 0 Å². The number of fused-ring (bicyclic) bond motifs is 2. The van der Waals surface area contributed by atoms with Crippen LogP contribution < -0.4 is 0 Å². The molecule has 4 aromatic heterocycles. The van der Waals surface area contributed by atoms with E-state index in [1.54, 1.807) is 0 Å². The fraction of sp³-hybridized carbons (Fsp3) is 0.303. The lowest BCUT2D eigenvalue weighted by molar-refractivity contribution is 0.0600. The number of aromatic nitrogens is 7. The molecule has 1 aliphatic rings. The number of benzene rings is 2. The van der Waals surface area contributed by atoms with E-state index < -0.39 is 0 Å². The predicted octanol–water partition coefficient (Wildman–Crippen LogP) is 5.85. The molecule has 0 atom stereocenters. The molecule has 1 saturated carbocycles. The maximum Gasteiger partial charge on any atom is 0.337 e. The summed E-state index contributed by atoms with van der Waals surface area (Å²) in [6.45, 7) is 2.86. The van der Waals surface area contributed by atoms with Gasteiger partial charge in [0.05, 0.1) is 29.6 Å². The predicted molar refractivity (Wildman–Crippen MR) is 162 cm³/mol. The minimum atomic E-state index is -0.324. The second-order valence-corrected chi connectivity index (χ2v) is 11.1. The molecule has 0 aliphatic heterocycles.